The zero-order valence-corrected chi connectivity index (χ0v) is 12.1. The van der Waals surface area contributed by atoms with Crippen LogP contribution in [0.5, 0.6) is 5.75 Å². The Hall–Kier alpha value is -0.330. The van der Waals surface area contributed by atoms with Crippen LogP contribution < -0.4 is 34.3 Å². The van der Waals surface area contributed by atoms with E-state index in [-0.39, 0.29) is 47.7 Å². The minimum atomic E-state index is -4.25. The van der Waals surface area contributed by atoms with Gasteiger partial charge in [0.1, 0.15) is 16.7 Å². The van der Waals surface area contributed by atoms with Gasteiger partial charge in [-0.1, -0.05) is 24.8 Å². The van der Waals surface area contributed by atoms with E-state index in [2.05, 4.69) is 6.58 Å². The molecule has 0 aromatic heterocycles. The van der Waals surface area contributed by atoms with Crippen molar-refractivity contribution in [2.24, 2.45) is 0 Å². The maximum Gasteiger partial charge on any atom is 1.00 e. The summed E-state index contributed by atoms with van der Waals surface area (Å²) in [7, 11) is -4.25. The van der Waals surface area contributed by atoms with Crippen molar-refractivity contribution in [1.82, 2.24) is 0 Å². The Balaban J connectivity index is 0. The van der Waals surface area contributed by atoms with Crippen LogP contribution in [0, 0.1) is 0 Å². The summed E-state index contributed by atoms with van der Waals surface area (Å²) in [6, 6.07) is 5.89. The SMILES string of the molecule is C=CC(C)Oc1ccccc1S(=O)(=O)O.[H-].[Na+]. The third-order valence-corrected chi connectivity index (χ3v) is 2.66. The average Bonchev–Trinajstić information content (AvgIpc) is 2.17. The predicted octanol–water partition coefficient (Wildman–Crippen LogP) is -0.997. The van der Waals surface area contributed by atoms with Gasteiger partial charge in [-0.3, -0.25) is 4.55 Å². The summed E-state index contributed by atoms with van der Waals surface area (Å²) in [6.07, 6.45) is 1.20. The van der Waals surface area contributed by atoms with Gasteiger partial charge in [-0.15, -0.1) is 0 Å². The molecule has 0 aliphatic rings. The summed E-state index contributed by atoms with van der Waals surface area (Å²) >= 11 is 0. The molecule has 0 radical (unpaired) electrons. The molecule has 0 heterocycles. The van der Waals surface area contributed by atoms with Gasteiger partial charge < -0.3 is 6.16 Å². The fourth-order valence-corrected chi connectivity index (χ4v) is 1.63. The largest absolute Gasteiger partial charge is 1.00 e. The zero-order valence-electron chi connectivity index (χ0n) is 10.3. The first kappa shape index (κ1) is 15.7. The van der Waals surface area contributed by atoms with Crippen LogP contribution >= 0.6 is 0 Å². The molecule has 6 heteroatoms. The first-order chi connectivity index (χ1) is 6.95. The molecule has 0 bridgehead atoms. The summed E-state index contributed by atoms with van der Waals surface area (Å²) in [5.74, 6) is 0.118. The first-order valence-electron chi connectivity index (χ1n) is 4.31. The maximum atomic E-state index is 11.0. The summed E-state index contributed by atoms with van der Waals surface area (Å²) in [5.41, 5.74) is 0. The predicted molar refractivity (Wildman–Crippen MR) is 57.7 cm³/mol. The van der Waals surface area contributed by atoms with Gasteiger partial charge in [-0.2, -0.15) is 8.42 Å². The molecule has 1 rings (SSSR count). The van der Waals surface area contributed by atoms with Crippen LogP contribution in [0.4, 0.5) is 0 Å². The van der Waals surface area contributed by atoms with Gasteiger partial charge in [0.25, 0.3) is 10.1 Å². The molecule has 4 nitrogen and oxygen atoms in total. The maximum absolute atomic E-state index is 11.0. The van der Waals surface area contributed by atoms with E-state index in [9.17, 15) is 8.42 Å². The topological polar surface area (TPSA) is 63.6 Å². The molecule has 1 N–H and O–H groups in total. The minimum Gasteiger partial charge on any atom is -1.00 e. The number of hydrogen-bond donors (Lipinski definition) is 1. The zero-order chi connectivity index (χ0) is 11.5. The van der Waals surface area contributed by atoms with Crippen LogP contribution in [0.1, 0.15) is 8.35 Å². The van der Waals surface area contributed by atoms with Crippen LogP contribution in [0.15, 0.2) is 41.8 Å². The molecule has 1 aromatic rings. The fraction of sp³-hybridized carbons (Fsp3) is 0.200. The van der Waals surface area contributed by atoms with E-state index in [0.29, 0.717) is 0 Å². The third kappa shape index (κ3) is 4.27. The van der Waals surface area contributed by atoms with Crippen molar-refractivity contribution in [3.8, 4) is 5.75 Å². The van der Waals surface area contributed by atoms with Crippen LogP contribution in [0.2, 0.25) is 0 Å². The molecular formula is C10H13NaO4S. The summed E-state index contributed by atoms with van der Waals surface area (Å²) in [4.78, 5) is -0.237. The van der Waals surface area contributed by atoms with Crippen molar-refractivity contribution < 1.29 is 48.7 Å². The van der Waals surface area contributed by atoms with Gasteiger partial charge in [0.05, 0.1) is 0 Å². The summed E-state index contributed by atoms with van der Waals surface area (Å²) in [5, 5.41) is 0. The van der Waals surface area contributed by atoms with E-state index in [1.54, 1.807) is 13.0 Å². The molecule has 0 aliphatic heterocycles. The van der Waals surface area contributed by atoms with Gasteiger partial charge in [0.2, 0.25) is 0 Å². The van der Waals surface area contributed by atoms with E-state index in [4.69, 9.17) is 9.29 Å². The number of ether oxygens (including phenoxy) is 1. The monoisotopic (exact) mass is 252 g/mol. The van der Waals surface area contributed by atoms with Gasteiger partial charge in [-0.05, 0) is 19.1 Å². The van der Waals surface area contributed by atoms with E-state index in [1.165, 1.54) is 24.3 Å². The molecule has 0 saturated carbocycles. The van der Waals surface area contributed by atoms with Crippen LogP contribution in [-0.4, -0.2) is 19.1 Å². The molecule has 0 amide bonds. The van der Waals surface area contributed by atoms with Crippen LogP contribution in [-0.2, 0) is 10.1 Å². The molecule has 0 aliphatic carbocycles. The van der Waals surface area contributed by atoms with Gasteiger partial charge in [0.15, 0.2) is 0 Å². The molecule has 1 atom stereocenters. The molecular weight excluding hydrogens is 239 g/mol. The summed E-state index contributed by atoms with van der Waals surface area (Å²) in [6.45, 7) is 5.23. The number of benzene rings is 1. The van der Waals surface area contributed by atoms with Crippen LogP contribution in [0.3, 0.4) is 0 Å². The van der Waals surface area contributed by atoms with Crippen molar-refractivity contribution in [3.63, 3.8) is 0 Å². The van der Waals surface area contributed by atoms with E-state index < -0.39 is 10.1 Å². The first-order valence-corrected chi connectivity index (χ1v) is 5.75. The molecule has 1 unspecified atom stereocenters. The number of rotatable bonds is 4. The summed E-state index contributed by atoms with van der Waals surface area (Å²) < 4.78 is 36.1. The Bertz CT molecular complexity index is 461. The molecule has 1 aromatic carbocycles. The van der Waals surface area contributed by atoms with Crippen LogP contribution in [0.25, 0.3) is 0 Å². The second-order valence-corrected chi connectivity index (χ2v) is 4.37. The molecule has 0 fully saturated rings. The van der Waals surface area contributed by atoms with Gasteiger partial charge >= 0.3 is 29.6 Å². The quantitative estimate of drug-likeness (QED) is 0.424. The van der Waals surface area contributed by atoms with Crippen molar-refractivity contribution in [3.05, 3.63) is 36.9 Å². The molecule has 0 spiro atoms. The number of para-hydroxylation sites is 1. The van der Waals surface area contributed by atoms with E-state index in [1.807, 2.05) is 0 Å². The number of hydrogen-bond acceptors (Lipinski definition) is 3. The van der Waals surface area contributed by atoms with E-state index >= 15 is 0 Å². The fourth-order valence-electron chi connectivity index (χ4n) is 1.01. The Morgan fingerprint density at radius 1 is 1.50 bits per heavy atom. The second kappa shape index (κ2) is 6.42. The second-order valence-electron chi connectivity index (χ2n) is 2.98. The Labute approximate surface area is 119 Å². The standard InChI is InChI=1S/C10H12O4S.Na.H/c1-3-8(2)14-9-6-4-5-7-10(9)15(11,12)13;;/h3-8H,1H2,2H3,(H,11,12,13);;/q;+1;-1. The van der Waals surface area contributed by atoms with E-state index in [0.717, 1.165) is 0 Å². The van der Waals surface area contributed by atoms with Crippen molar-refractivity contribution in [1.29, 1.82) is 0 Å². The van der Waals surface area contributed by atoms with Crippen molar-refractivity contribution >= 4 is 10.1 Å². The molecule has 84 valence electrons. The van der Waals surface area contributed by atoms with Crippen molar-refractivity contribution in [2.45, 2.75) is 17.9 Å². The Kier molecular flexibility index (Phi) is 6.28. The Morgan fingerprint density at radius 2 is 2.06 bits per heavy atom. The molecule has 16 heavy (non-hydrogen) atoms. The average molecular weight is 252 g/mol. The van der Waals surface area contributed by atoms with Gasteiger partial charge in [0, 0.05) is 0 Å². The van der Waals surface area contributed by atoms with Gasteiger partial charge in [-0.25, -0.2) is 0 Å². The van der Waals surface area contributed by atoms with Crippen molar-refractivity contribution in [2.75, 3.05) is 0 Å². The third-order valence-electron chi connectivity index (χ3n) is 1.77. The Morgan fingerprint density at radius 3 is 2.56 bits per heavy atom. The minimum absolute atomic E-state index is 0. The normalized spacial score (nSPS) is 12.4. The molecule has 0 saturated heterocycles. The smallest absolute Gasteiger partial charge is 1.00 e.